The van der Waals surface area contributed by atoms with Crippen LogP contribution in [-0.4, -0.2) is 13.2 Å². The van der Waals surface area contributed by atoms with Crippen molar-refractivity contribution in [3.05, 3.63) is 0 Å². The highest BCUT2D eigenvalue weighted by molar-refractivity contribution is 5.02. The third kappa shape index (κ3) is 3.48. The Morgan fingerprint density at radius 2 is 1.78 bits per heavy atom. The number of ether oxygens (including phenoxy) is 1. The molecule has 0 bridgehead atoms. The topological polar surface area (TPSA) is 33.0 Å². The lowest BCUT2D eigenvalue weighted by Gasteiger charge is -2.38. The molecule has 1 saturated heterocycles. The second-order valence-electron chi connectivity index (χ2n) is 6.38. The van der Waals surface area contributed by atoms with E-state index >= 15 is 0 Å². The van der Waals surface area contributed by atoms with Gasteiger partial charge in [-0.3, -0.25) is 0 Å². The summed E-state index contributed by atoms with van der Waals surface area (Å²) < 4.78 is 5.42. The van der Waals surface area contributed by atoms with E-state index in [4.69, 9.17) is 4.74 Å². The molecule has 18 heavy (non-hydrogen) atoms. The minimum Gasteiger partial charge on any atom is -0.381 e. The molecule has 1 aliphatic heterocycles. The molecule has 0 unspecified atom stereocenters. The number of hydrogen-bond donors (Lipinski definition) is 0. The third-order valence-corrected chi connectivity index (χ3v) is 5.02. The van der Waals surface area contributed by atoms with Crippen LogP contribution in [-0.2, 0) is 4.74 Å². The van der Waals surface area contributed by atoms with Gasteiger partial charge in [0.2, 0.25) is 0 Å². The Morgan fingerprint density at radius 1 is 1.11 bits per heavy atom. The molecular formula is C16H27NO. The Labute approximate surface area is 112 Å². The Kier molecular flexibility index (Phi) is 5.06. The Balaban J connectivity index is 1.86. The SMILES string of the molecule is CCCC1CCC(C#N)(CC2CCOCC2)CC1. The zero-order chi connectivity index (χ0) is 12.8. The third-order valence-electron chi connectivity index (χ3n) is 5.02. The molecule has 2 aliphatic rings. The lowest BCUT2D eigenvalue weighted by Crippen LogP contribution is -2.30. The number of hydrogen-bond acceptors (Lipinski definition) is 2. The van der Waals surface area contributed by atoms with Crippen molar-refractivity contribution < 1.29 is 4.74 Å². The average Bonchev–Trinajstić information content (AvgIpc) is 2.43. The van der Waals surface area contributed by atoms with Crippen molar-refractivity contribution in [3.63, 3.8) is 0 Å². The van der Waals surface area contributed by atoms with Crippen LogP contribution in [0.3, 0.4) is 0 Å². The molecule has 2 rings (SSSR count). The van der Waals surface area contributed by atoms with Gasteiger partial charge in [-0.25, -0.2) is 0 Å². The molecule has 0 atom stereocenters. The Bertz CT molecular complexity index is 280. The first-order chi connectivity index (χ1) is 8.78. The number of nitrogens with zero attached hydrogens (tertiary/aromatic N) is 1. The van der Waals surface area contributed by atoms with E-state index in [2.05, 4.69) is 13.0 Å². The molecule has 1 aliphatic carbocycles. The smallest absolute Gasteiger partial charge is 0.0689 e. The van der Waals surface area contributed by atoms with E-state index < -0.39 is 0 Å². The normalized spacial score (nSPS) is 34.1. The van der Waals surface area contributed by atoms with Gasteiger partial charge in [0, 0.05) is 13.2 Å². The summed E-state index contributed by atoms with van der Waals surface area (Å²) in [4.78, 5) is 0. The fraction of sp³-hybridized carbons (Fsp3) is 0.938. The van der Waals surface area contributed by atoms with Gasteiger partial charge >= 0.3 is 0 Å². The summed E-state index contributed by atoms with van der Waals surface area (Å²) in [5.41, 5.74) is 0.00620. The summed E-state index contributed by atoms with van der Waals surface area (Å²) in [6.07, 6.45) is 11.0. The lowest BCUT2D eigenvalue weighted by molar-refractivity contribution is 0.0456. The van der Waals surface area contributed by atoms with Crippen LogP contribution < -0.4 is 0 Å². The molecule has 0 N–H and O–H groups in total. The van der Waals surface area contributed by atoms with Crippen LogP contribution in [0.25, 0.3) is 0 Å². The van der Waals surface area contributed by atoms with Crippen LogP contribution in [0.1, 0.15) is 64.7 Å². The summed E-state index contributed by atoms with van der Waals surface area (Å²) in [5.74, 6) is 1.63. The summed E-state index contributed by atoms with van der Waals surface area (Å²) in [5, 5.41) is 9.61. The minimum atomic E-state index is 0.00620. The van der Waals surface area contributed by atoms with Gasteiger partial charge in [-0.05, 0) is 56.8 Å². The van der Waals surface area contributed by atoms with Crippen LogP contribution in [0.15, 0.2) is 0 Å². The lowest BCUT2D eigenvalue weighted by atomic mass is 9.66. The highest BCUT2D eigenvalue weighted by atomic mass is 16.5. The maximum Gasteiger partial charge on any atom is 0.0689 e. The van der Waals surface area contributed by atoms with Crippen molar-refractivity contribution in [1.82, 2.24) is 0 Å². The highest BCUT2D eigenvalue weighted by Crippen LogP contribution is 2.45. The molecule has 0 radical (unpaired) electrons. The van der Waals surface area contributed by atoms with Gasteiger partial charge in [-0.15, -0.1) is 0 Å². The molecule has 102 valence electrons. The fourth-order valence-electron chi connectivity index (χ4n) is 3.79. The summed E-state index contributed by atoms with van der Waals surface area (Å²) in [6.45, 7) is 4.09. The zero-order valence-electron chi connectivity index (χ0n) is 11.8. The first kappa shape index (κ1) is 13.9. The molecule has 0 aromatic rings. The molecule has 2 heteroatoms. The molecule has 1 saturated carbocycles. The van der Waals surface area contributed by atoms with Crippen molar-refractivity contribution in [3.8, 4) is 6.07 Å². The molecule has 0 spiro atoms. The van der Waals surface area contributed by atoms with E-state index in [-0.39, 0.29) is 5.41 Å². The van der Waals surface area contributed by atoms with Gasteiger partial charge in [-0.2, -0.15) is 5.26 Å². The van der Waals surface area contributed by atoms with E-state index in [1.807, 2.05) is 0 Å². The predicted molar refractivity (Wildman–Crippen MR) is 73.1 cm³/mol. The Morgan fingerprint density at radius 3 is 2.33 bits per heavy atom. The number of rotatable bonds is 4. The van der Waals surface area contributed by atoms with Gasteiger partial charge in [0.15, 0.2) is 0 Å². The van der Waals surface area contributed by atoms with Crippen molar-refractivity contribution in [1.29, 1.82) is 5.26 Å². The fourth-order valence-corrected chi connectivity index (χ4v) is 3.79. The van der Waals surface area contributed by atoms with E-state index in [9.17, 15) is 5.26 Å². The quantitative estimate of drug-likeness (QED) is 0.744. The molecule has 1 heterocycles. The van der Waals surface area contributed by atoms with Crippen molar-refractivity contribution in [2.45, 2.75) is 64.7 Å². The Hall–Kier alpha value is -0.550. The van der Waals surface area contributed by atoms with E-state index in [1.54, 1.807) is 0 Å². The highest BCUT2D eigenvalue weighted by Gasteiger charge is 2.37. The van der Waals surface area contributed by atoms with Gasteiger partial charge in [0.05, 0.1) is 11.5 Å². The maximum absolute atomic E-state index is 9.61. The summed E-state index contributed by atoms with van der Waals surface area (Å²) >= 11 is 0. The van der Waals surface area contributed by atoms with Crippen LogP contribution in [0.5, 0.6) is 0 Å². The monoisotopic (exact) mass is 249 g/mol. The molecule has 0 aromatic carbocycles. The molecule has 0 amide bonds. The molecular weight excluding hydrogens is 222 g/mol. The van der Waals surface area contributed by atoms with Gasteiger partial charge in [0.1, 0.15) is 0 Å². The second-order valence-corrected chi connectivity index (χ2v) is 6.38. The van der Waals surface area contributed by atoms with Crippen molar-refractivity contribution in [2.24, 2.45) is 17.3 Å². The van der Waals surface area contributed by atoms with Crippen LogP contribution in [0.4, 0.5) is 0 Å². The van der Waals surface area contributed by atoms with E-state index in [1.165, 1.54) is 38.5 Å². The second kappa shape index (κ2) is 6.57. The zero-order valence-corrected chi connectivity index (χ0v) is 11.8. The minimum absolute atomic E-state index is 0.00620. The molecule has 0 aromatic heterocycles. The van der Waals surface area contributed by atoms with Crippen molar-refractivity contribution >= 4 is 0 Å². The maximum atomic E-state index is 9.61. The van der Waals surface area contributed by atoms with E-state index in [0.29, 0.717) is 0 Å². The molecule has 2 fully saturated rings. The summed E-state index contributed by atoms with van der Waals surface area (Å²) in [6, 6.07) is 2.69. The van der Waals surface area contributed by atoms with E-state index in [0.717, 1.165) is 44.3 Å². The predicted octanol–water partition coefficient (Wildman–Crippen LogP) is 4.30. The summed E-state index contributed by atoms with van der Waals surface area (Å²) in [7, 11) is 0. The first-order valence-electron chi connectivity index (χ1n) is 7.77. The van der Waals surface area contributed by atoms with Crippen LogP contribution >= 0.6 is 0 Å². The van der Waals surface area contributed by atoms with Gasteiger partial charge in [-0.1, -0.05) is 19.8 Å². The molecule has 2 nitrogen and oxygen atoms in total. The largest absolute Gasteiger partial charge is 0.381 e. The van der Waals surface area contributed by atoms with Crippen LogP contribution in [0.2, 0.25) is 0 Å². The van der Waals surface area contributed by atoms with Crippen LogP contribution in [0, 0.1) is 28.6 Å². The number of nitriles is 1. The van der Waals surface area contributed by atoms with Crippen molar-refractivity contribution in [2.75, 3.05) is 13.2 Å². The van der Waals surface area contributed by atoms with Gasteiger partial charge in [0.25, 0.3) is 0 Å². The van der Waals surface area contributed by atoms with Gasteiger partial charge < -0.3 is 4.74 Å². The first-order valence-corrected chi connectivity index (χ1v) is 7.77. The standard InChI is InChI=1S/C16H27NO/c1-2-3-14-4-8-16(13-17,9-5-14)12-15-6-10-18-11-7-15/h14-15H,2-12H2,1H3. The average molecular weight is 249 g/mol.